The third-order valence-corrected chi connectivity index (χ3v) is 4.47. The van der Waals surface area contributed by atoms with Gasteiger partial charge < -0.3 is 5.73 Å². The van der Waals surface area contributed by atoms with Crippen molar-refractivity contribution in [3.05, 3.63) is 45.9 Å². The van der Waals surface area contributed by atoms with E-state index in [-0.39, 0.29) is 18.7 Å². The van der Waals surface area contributed by atoms with Gasteiger partial charge in [-0.2, -0.15) is 5.10 Å². The summed E-state index contributed by atoms with van der Waals surface area (Å²) < 4.78 is 41.1. The molecule has 1 aromatic heterocycles. The smallest absolute Gasteiger partial charge is 0.243 e. The van der Waals surface area contributed by atoms with Gasteiger partial charge in [0.25, 0.3) is 0 Å². The van der Waals surface area contributed by atoms with Crippen LogP contribution in [-0.2, 0) is 23.1 Å². The monoisotopic (exact) mass is 362 g/mol. The Morgan fingerprint density at radius 3 is 2.80 bits per heavy atom. The van der Waals surface area contributed by atoms with E-state index >= 15 is 0 Å². The Labute approximate surface area is 123 Å². The van der Waals surface area contributed by atoms with E-state index in [1.165, 1.54) is 18.3 Å². The highest BCUT2D eigenvalue weighted by Crippen LogP contribution is 2.24. The average molecular weight is 363 g/mol. The molecule has 0 aliphatic carbocycles. The molecule has 0 saturated heterocycles. The first-order chi connectivity index (χ1) is 9.44. The predicted molar refractivity (Wildman–Crippen MR) is 74.6 cm³/mol. The number of halogens is 2. The van der Waals surface area contributed by atoms with Crippen molar-refractivity contribution in [3.63, 3.8) is 0 Å². The Balaban J connectivity index is 2.31. The van der Waals surface area contributed by atoms with Crippen molar-refractivity contribution >= 4 is 26.0 Å². The highest BCUT2D eigenvalue weighted by atomic mass is 79.9. The van der Waals surface area contributed by atoms with Crippen LogP contribution in [0.1, 0.15) is 11.1 Å². The van der Waals surface area contributed by atoms with Crippen molar-refractivity contribution in [1.82, 2.24) is 14.9 Å². The first-order valence-corrected chi connectivity index (χ1v) is 7.87. The molecule has 0 fully saturated rings. The van der Waals surface area contributed by atoms with Crippen LogP contribution in [0, 0.1) is 5.82 Å². The zero-order chi connectivity index (χ0) is 14.8. The van der Waals surface area contributed by atoms with Crippen molar-refractivity contribution in [2.24, 2.45) is 5.73 Å². The summed E-state index contributed by atoms with van der Waals surface area (Å²) in [6.07, 6.45) is 3.02. The second-order valence-corrected chi connectivity index (χ2v) is 6.66. The standard InChI is InChI=1S/C11H12BrFN4O2S/c12-9-1-8(3-14)11(13)10(2-9)20(18,19)17-6-7-4-15-16-5-7/h1-2,4-5,17H,3,6,14H2,(H,15,16). The van der Waals surface area contributed by atoms with Crippen LogP contribution in [-0.4, -0.2) is 18.6 Å². The fraction of sp³-hybridized carbons (Fsp3) is 0.182. The van der Waals surface area contributed by atoms with Gasteiger partial charge in [-0.05, 0) is 12.1 Å². The van der Waals surface area contributed by atoms with Crippen LogP contribution in [0.4, 0.5) is 4.39 Å². The Morgan fingerprint density at radius 2 is 2.20 bits per heavy atom. The van der Waals surface area contributed by atoms with E-state index in [4.69, 9.17) is 5.73 Å². The van der Waals surface area contributed by atoms with Crippen molar-refractivity contribution in [1.29, 1.82) is 0 Å². The number of aromatic nitrogens is 2. The number of hydrogen-bond donors (Lipinski definition) is 3. The summed E-state index contributed by atoms with van der Waals surface area (Å²) in [5, 5.41) is 6.26. The number of benzene rings is 1. The molecule has 0 amide bonds. The van der Waals surface area contributed by atoms with Crippen LogP contribution in [0.2, 0.25) is 0 Å². The number of hydrogen-bond acceptors (Lipinski definition) is 4. The lowest BCUT2D eigenvalue weighted by Gasteiger charge is -2.10. The molecule has 1 aromatic carbocycles. The zero-order valence-corrected chi connectivity index (χ0v) is 12.6. The van der Waals surface area contributed by atoms with E-state index in [1.807, 2.05) is 0 Å². The highest BCUT2D eigenvalue weighted by molar-refractivity contribution is 9.10. The zero-order valence-electron chi connectivity index (χ0n) is 10.2. The summed E-state index contributed by atoms with van der Waals surface area (Å²) in [4.78, 5) is -0.434. The van der Waals surface area contributed by atoms with Crippen LogP contribution < -0.4 is 10.5 Å². The largest absolute Gasteiger partial charge is 0.326 e. The summed E-state index contributed by atoms with van der Waals surface area (Å²) in [5.74, 6) is -0.838. The third-order valence-electron chi connectivity index (χ3n) is 2.61. The minimum Gasteiger partial charge on any atom is -0.326 e. The lowest BCUT2D eigenvalue weighted by molar-refractivity contribution is 0.549. The number of H-pyrrole nitrogens is 1. The second kappa shape index (κ2) is 6.00. The number of aromatic amines is 1. The van der Waals surface area contributed by atoms with E-state index in [0.717, 1.165) is 0 Å². The van der Waals surface area contributed by atoms with E-state index in [0.29, 0.717) is 10.0 Å². The molecule has 0 bridgehead atoms. The summed E-state index contributed by atoms with van der Waals surface area (Å²) in [6.45, 7) is -0.0712. The predicted octanol–water partition coefficient (Wildman–Crippen LogP) is 1.25. The molecule has 20 heavy (non-hydrogen) atoms. The van der Waals surface area contributed by atoms with E-state index in [1.54, 1.807) is 6.20 Å². The van der Waals surface area contributed by atoms with Gasteiger partial charge in [-0.3, -0.25) is 5.10 Å². The van der Waals surface area contributed by atoms with E-state index in [9.17, 15) is 12.8 Å². The Hall–Kier alpha value is -1.29. The first kappa shape index (κ1) is 15.1. The van der Waals surface area contributed by atoms with Gasteiger partial charge in [-0.25, -0.2) is 17.5 Å². The lowest BCUT2D eigenvalue weighted by Crippen LogP contribution is -2.24. The van der Waals surface area contributed by atoms with Crippen LogP contribution in [0.15, 0.2) is 33.9 Å². The summed E-state index contributed by atoms with van der Waals surface area (Å²) in [5.41, 5.74) is 6.16. The molecule has 4 N–H and O–H groups in total. The average Bonchev–Trinajstić information content (AvgIpc) is 2.92. The third kappa shape index (κ3) is 3.23. The molecule has 0 atom stereocenters. The molecule has 9 heteroatoms. The van der Waals surface area contributed by atoms with Crippen molar-refractivity contribution in [2.75, 3.05) is 0 Å². The molecule has 2 aromatic rings. The molecule has 0 aliphatic rings. The molecule has 0 unspecified atom stereocenters. The molecule has 0 aliphatic heterocycles. The SMILES string of the molecule is NCc1cc(Br)cc(S(=O)(=O)NCc2cn[nH]c2)c1F. The van der Waals surface area contributed by atoms with E-state index < -0.39 is 20.7 Å². The minimum atomic E-state index is -3.97. The molecule has 108 valence electrons. The van der Waals surface area contributed by atoms with E-state index in [2.05, 4.69) is 30.8 Å². The molecular weight excluding hydrogens is 351 g/mol. The molecule has 1 heterocycles. The van der Waals surface area contributed by atoms with Crippen LogP contribution in [0.5, 0.6) is 0 Å². The highest BCUT2D eigenvalue weighted by Gasteiger charge is 2.21. The fourth-order valence-electron chi connectivity index (χ4n) is 1.59. The Morgan fingerprint density at radius 1 is 1.45 bits per heavy atom. The van der Waals surface area contributed by atoms with Gasteiger partial charge >= 0.3 is 0 Å². The molecule has 0 spiro atoms. The number of nitrogens with two attached hydrogens (primary N) is 1. The summed E-state index contributed by atoms with van der Waals surface area (Å²) in [6, 6.07) is 2.65. The molecular formula is C11H12BrFN4O2S. The van der Waals surface area contributed by atoms with Crippen LogP contribution in [0.3, 0.4) is 0 Å². The van der Waals surface area contributed by atoms with Gasteiger partial charge in [0.1, 0.15) is 10.7 Å². The maximum Gasteiger partial charge on any atom is 0.243 e. The van der Waals surface area contributed by atoms with Gasteiger partial charge in [0.15, 0.2) is 0 Å². The number of rotatable bonds is 5. The van der Waals surface area contributed by atoms with Crippen molar-refractivity contribution < 1.29 is 12.8 Å². The number of nitrogens with one attached hydrogen (secondary N) is 2. The Kier molecular flexibility index (Phi) is 4.53. The molecule has 2 rings (SSSR count). The van der Waals surface area contributed by atoms with Gasteiger partial charge in [-0.15, -0.1) is 0 Å². The normalized spacial score (nSPS) is 11.8. The number of sulfonamides is 1. The van der Waals surface area contributed by atoms with Crippen molar-refractivity contribution in [2.45, 2.75) is 18.0 Å². The van der Waals surface area contributed by atoms with Crippen molar-refractivity contribution in [3.8, 4) is 0 Å². The molecule has 0 radical (unpaired) electrons. The van der Waals surface area contributed by atoms with Gasteiger partial charge in [0.05, 0.1) is 6.20 Å². The van der Waals surface area contributed by atoms with Gasteiger partial charge in [0, 0.05) is 34.9 Å². The molecule has 0 saturated carbocycles. The molecule has 6 nitrogen and oxygen atoms in total. The van der Waals surface area contributed by atoms with Gasteiger partial charge in [-0.1, -0.05) is 15.9 Å². The van der Waals surface area contributed by atoms with Crippen LogP contribution >= 0.6 is 15.9 Å². The second-order valence-electron chi connectivity index (χ2n) is 4.01. The van der Waals surface area contributed by atoms with Crippen LogP contribution in [0.25, 0.3) is 0 Å². The van der Waals surface area contributed by atoms with Gasteiger partial charge in [0.2, 0.25) is 10.0 Å². The lowest BCUT2D eigenvalue weighted by atomic mass is 10.2. The Bertz CT molecular complexity index is 703. The summed E-state index contributed by atoms with van der Waals surface area (Å²) >= 11 is 3.14. The first-order valence-electron chi connectivity index (χ1n) is 5.59. The number of nitrogens with zero attached hydrogens (tertiary/aromatic N) is 1. The maximum atomic E-state index is 14.1. The quantitative estimate of drug-likeness (QED) is 0.744. The topological polar surface area (TPSA) is 101 Å². The minimum absolute atomic E-state index is 0.0166. The maximum absolute atomic E-state index is 14.1. The fourth-order valence-corrected chi connectivity index (χ4v) is 3.41. The summed E-state index contributed by atoms with van der Waals surface area (Å²) in [7, 11) is -3.97.